The predicted molar refractivity (Wildman–Crippen MR) is 114 cm³/mol. The van der Waals surface area contributed by atoms with Crippen molar-refractivity contribution in [2.45, 2.75) is 18.9 Å². The molecule has 0 heterocycles. The number of nitrogens with one attached hydrogen (secondary N) is 1. The maximum atomic E-state index is 12.4. The molecule has 0 bridgehead atoms. The molecular formula is C23H26N2O6. The Hall–Kier alpha value is -3.39. The smallest absolute Gasteiger partial charge is 0.407 e. The molecule has 1 atom stereocenters. The molecule has 0 spiro atoms. The van der Waals surface area contributed by atoms with Crippen molar-refractivity contribution in [2.75, 3.05) is 33.4 Å². The number of hydrogen-bond acceptors (Lipinski definition) is 5. The highest BCUT2D eigenvalue weighted by Crippen LogP contribution is 2.44. The Balaban J connectivity index is 1.58. The summed E-state index contributed by atoms with van der Waals surface area (Å²) < 4.78 is 10.6. The van der Waals surface area contributed by atoms with Crippen LogP contribution in [0.25, 0.3) is 11.1 Å². The van der Waals surface area contributed by atoms with E-state index in [0.717, 1.165) is 27.2 Å². The Bertz CT molecular complexity index is 915. The Morgan fingerprint density at radius 1 is 1.06 bits per heavy atom. The fourth-order valence-electron chi connectivity index (χ4n) is 3.81. The third kappa shape index (κ3) is 5.03. The number of likely N-dealkylation sites (N-methyl/N-ethyl adjacent to an activating group) is 1. The molecule has 8 nitrogen and oxygen atoms in total. The van der Waals surface area contributed by atoms with Crippen LogP contribution in [0.5, 0.6) is 0 Å². The summed E-state index contributed by atoms with van der Waals surface area (Å²) in [6.45, 7) is 1.50. The fourth-order valence-corrected chi connectivity index (χ4v) is 3.81. The summed E-state index contributed by atoms with van der Waals surface area (Å²) in [5.74, 6) is -1.69. The number of alkyl carbamates (subject to hydrolysis) is 1. The summed E-state index contributed by atoms with van der Waals surface area (Å²) in [7, 11) is 1.33. The zero-order valence-corrected chi connectivity index (χ0v) is 17.5. The number of aliphatic carboxylic acids is 1. The minimum Gasteiger partial charge on any atom is -0.480 e. The van der Waals surface area contributed by atoms with Gasteiger partial charge in [0.25, 0.3) is 5.91 Å². The molecule has 0 radical (unpaired) electrons. The van der Waals surface area contributed by atoms with E-state index in [9.17, 15) is 14.4 Å². The number of carboxylic acids is 1. The van der Waals surface area contributed by atoms with Crippen molar-refractivity contribution in [3.05, 3.63) is 59.7 Å². The number of carbonyl (C=O) groups excluding carboxylic acids is 2. The van der Waals surface area contributed by atoms with Gasteiger partial charge in [-0.15, -0.1) is 0 Å². The van der Waals surface area contributed by atoms with Gasteiger partial charge in [0, 0.05) is 19.6 Å². The molecule has 2 amide bonds. The zero-order valence-electron chi connectivity index (χ0n) is 17.5. The molecule has 1 unspecified atom stereocenters. The van der Waals surface area contributed by atoms with E-state index in [0.29, 0.717) is 0 Å². The van der Waals surface area contributed by atoms with Crippen LogP contribution >= 0.6 is 0 Å². The van der Waals surface area contributed by atoms with Crippen LogP contribution in [0.15, 0.2) is 48.5 Å². The third-order valence-corrected chi connectivity index (χ3v) is 5.35. The molecule has 164 valence electrons. The SMILES string of the molecule is CCN(CC(=O)O)C(=O)C(CNC(=O)OCC1c2ccccc2-c2ccccc21)OC. The van der Waals surface area contributed by atoms with Crippen molar-refractivity contribution >= 4 is 18.0 Å². The molecule has 0 saturated heterocycles. The summed E-state index contributed by atoms with van der Waals surface area (Å²) >= 11 is 0. The number of nitrogens with zero attached hydrogens (tertiary/aromatic N) is 1. The maximum absolute atomic E-state index is 12.4. The largest absolute Gasteiger partial charge is 0.480 e. The van der Waals surface area contributed by atoms with E-state index in [1.54, 1.807) is 6.92 Å². The molecule has 2 aromatic carbocycles. The monoisotopic (exact) mass is 426 g/mol. The van der Waals surface area contributed by atoms with Gasteiger partial charge in [0.05, 0.1) is 6.54 Å². The lowest BCUT2D eigenvalue weighted by molar-refractivity contribution is -0.149. The second-order valence-electron chi connectivity index (χ2n) is 7.18. The summed E-state index contributed by atoms with van der Waals surface area (Å²) in [6.07, 6.45) is -1.67. The second-order valence-corrected chi connectivity index (χ2v) is 7.18. The topological polar surface area (TPSA) is 105 Å². The third-order valence-electron chi connectivity index (χ3n) is 5.35. The normalized spacial score (nSPS) is 13.1. The minimum absolute atomic E-state index is 0.0656. The van der Waals surface area contributed by atoms with E-state index in [1.165, 1.54) is 7.11 Å². The number of methoxy groups -OCH3 is 1. The molecular weight excluding hydrogens is 400 g/mol. The standard InChI is InChI=1S/C23H26N2O6/c1-3-25(13-21(26)27)22(28)20(30-2)12-24-23(29)31-14-19-17-10-6-4-8-15(17)16-9-5-7-11-18(16)19/h4-11,19-20H,3,12-14H2,1-2H3,(H,24,29)(H,26,27). The number of amides is 2. The van der Waals surface area contributed by atoms with Crippen molar-refractivity contribution in [1.82, 2.24) is 10.2 Å². The van der Waals surface area contributed by atoms with Crippen molar-refractivity contribution in [2.24, 2.45) is 0 Å². The van der Waals surface area contributed by atoms with Gasteiger partial charge in [0.2, 0.25) is 0 Å². The van der Waals surface area contributed by atoms with Gasteiger partial charge in [-0.3, -0.25) is 9.59 Å². The molecule has 8 heteroatoms. The molecule has 2 aromatic rings. The zero-order chi connectivity index (χ0) is 22.4. The number of ether oxygens (including phenoxy) is 2. The summed E-state index contributed by atoms with van der Waals surface area (Å²) in [5, 5.41) is 11.5. The van der Waals surface area contributed by atoms with Crippen molar-refractivity contribution in [1.29, 1.82) is 0 Å². The first-order chi connectivity index (χ1) is 15.0. The van der Waals surface area contributed by atoms with Gasteiger partial charge in [-0.1, -0.05) is 48.5 Å². The van der Waals surface area contributed by atoms with Crippen LogP contribution in [-0.4, -0.2) is 67.4 Å². The molecule has 31 heavy (non-hydrogen) atoms. The van der Waals surface area contributed by atoms with Crippen LogP contribution in [0, 0.1) is 0 Å². The first-order valence-corrected chi connectivity index (χ1v) is 10.1. The first kappa shape index (κ1) is 22.3. The number of carboxylic acid groups (broad SMARTS) is 1. The van der Waals surface area contributed by atoms with E-state index >= 15 is 0 Å². The quantitative estimate of drug-likeness (QED) is 0.638. The van der Waals surface area contributed by atoms with E-state index in [4.69, 9.17) is 14.6 Å². The lowest BCUT2D eigenvalue weighted by Gasteiger charge is -2.24. The molecule has 3 rings (SSSR count). The Morgan fingerprint density at radius 3 is 2.16 bits per heavy atom. The first-order valence-electron chi connectivity index (χ1n) is 10.1. The molecule has 1 aliphatic rings. The highest BCUT2D eigenvalue weighted by Gasteiger charge is 2.29. The average molecular weight is 426 g/mol. The minimum atomic E-state index is -1.12. The lowest BCUT2D eigenvalue weighted by Crippen LogP contribution is -2.47. The highest BCUT2D eigenvalue weighted by molar-refractivity contribution is 5.85. The van der Waals surface area contributed by atoms with Gasteiger partial charge in [-0.05, 0) is 29.2 Å². The highest BCUT2D eigenvalue weighted by atomic mass is 16.5. The molecule has 0 aliphatic heterocycles. The van der Waals surface area contributed by atoms with Gasteiger partial charge in [0.1, 0.15) is 13.2 Å². The predicted octanol–water partition coefficient (Wildman–Crippen LogP) is 2.47. The lowest BCUT2D eigenvalue weighted by atomic mass is 9.98. The molecule has 2 N–H and O–H groups in total. The van der Waals surface area contributed by atoms with E-state index < -0.39 is 30.6 Å². The number of rotatable bonds is 9. The fraction of sp³-hybridized carbons (Fsp3) is 0.348. The van der Waals surface area contributed by atoms with Crippen molar-refractivity contribution in [3.8, 4) is 11.1 Å². The van der Waals surface area contributed by atoms with Gasteiger partial charge in [-0.25, -0.2) is 4.79 Å². The summed E-state index contributed by atoms with van der Waals surface area (Å²) in [5.41, 5.74) is 4.48. The van der Waals surface area contributed by atoms with Gasteiger partial charge in [-0.2, -0.15) is 0 Å². The van der Waals surface area contributed by atoms with Crippen molar-refractivity contribution in [3.63, 3.8) is 0 Å². The summed E-state index contributed by atoms with van der Waals surface area (Å²) in [4.78, 5) is 36.8. The molecule has 0 aromatic heterocycles. The number of benzene rings is 2. The Morgan fingerprint density at radius 2 is 1.65 bits per heavy atom. The van der Waals surface area contributed by atoms with Crippen LogP contribution in [0.4, 0.5) is 4.79 Å². The van der Waals surface area contributed by atoms with Crippen LogP contribution in [0.2, 0.25) is 0 Å². The number of carbonyl (C=O) groups is 3. The molecule has 0 fully saturated rings. The molecule has 1 aliphatic carbocycles. The van der Waals surface area contributed by atoms with Crippen LogP contribution in [-0.2, 0) is 19.1 Å². The van der Waals surface area contributed by atoms with E-state index in [2.05, 4.69) is 17.4 Å². The number of hydrogen-bond donors (Lipinski definition) is 2. The number of fused-ring (bicyclic) bond motifs is 3. The van der Waals surface area contributed by atoms with Crippen molar-refractivity contribution < 1.29 is 29.0 Å². The Kier molecular flexibility index (Phi) is 7.25. The van der Waals surface area contributed by atoms with Gasteiger partial charge >= 0.3 is 12.1 Å². The van der Waals surface area contributed by atoms with Crippen LogP contribution in [0.1, 0.15) is 24.0 Å². The van der Waals surface area contributed by atoms with Crippen LogP contribution in [0.3, 0.4) is 0 Å². The van der Waals surface area contributed by atoms with Crippen LogP contribution < -0.4 is 5.32 Å². The summed E-state index contributed by atoms with van der Waals surface area (Å²) in [6, 6.07) is 16.1. The Labute approximate surface area is 180 Å². The van der Waals surface area contributed by atoms with E-state index in [-0.39, 0.29) is 25.6 Å². The molecule has 0 saturated carbocycles. The maximum Gasteiger partial charge on any atom is 0.407 e. The van der Waals surface area contributed by atoms with E-state index in [1.807, 2.05) is 36.4 Å². The van der Waals surface area contributed by atoms with Gasteiger partial charge < -0.3 is 24.8 Å². The van der Waals surface area contributed by atoms with Gasteiger partial charge in [0.15, 0.2) is 6.10 Å². The second kappa shape index (κ2) is 10.1. The average Bonchev–Trinajstić information content (AvgIpc) is 3.10.